The van der Waals surface area contributed by atoms with Gasteiger partial charge in [0.2, 0.25) is 0 Å². The maximum atomic E-state index is 4.34. The Hall–Kier alpha value is -0.440. The van der Waals surface area contributed by atoms with Crippen LogP contribution in [-0.4, -0.2) is 15.8 Å². The molecule has 0 saturated heterocycles. The van der Waals surface area contributed by atoms with Gasteiger partial charge in [-0.25, -0.2) is 4.98 Å². The highest BCUT2D eigenvalue weighted by Crippen LogP contribution is 2.07. The molecule has 0 aliphatic rings. The second kappa shape index (κ2) is 3.10. The molecule has 10 heavy (non-hydrogen) atoms. The molecule has 0 unspecified atom stereocenters. The number of rotatable bonds is 2. The molecule has 2 nitrogen and oxygen atoms in total. The van der Waals surface area contributed by atoms with Gasteiger partial charge in [-0.05, 0) is 13.2 Å². The second-order valence-corrected chi connectivity index (χ2v) is 3.19. The summed E-state index contributed by atoms with van der Waals surface area (Å²) in [5, 5.41) is 0. The number of hydrogen-bond acceptors (Lipinski definition) is 2. The van der Waals surface area contributed by atoms with E-state index in [9.17, 15) is 0 Å². The average Bonchev–Trinajstić information content (AvgIpc) is 2.14. The van der Waals surface area contributed by atoms with E-state index in [-0.39, 0.29) is 0 Å². The predicted molar refractivity (Wildman–Crippen MR) is 45.2 cm³/mol. The third-order valence-electron chi connectivity index (χ3n) is 1.45. The number of aromatic nitrogens is 2. The fraction of sp³-hybridized carbons (Fsp3) is 0.571. The van der Waals surface area contributed by atoms with E-state index < -0.39 is 0 Å². The number of hydrogen-bond donors (Lipinski definition) is 0. The van der Waals surface area contributed by atoms with E-state index in [0.717, 1.165) is 11.6 Å². The van der Waals surface area contributed by atoms with Gasteiger partial charge in [-0.15, -0.1) is 0 Å². The Kier molecular flexibility index (Phi) is 2.38. The number of imidazole rings is 1. The first-order valence-corrected chi connectivity index (χ1v) is 4.61. The lowest BCUT2D eigenvalue weighted by molar-refractivity contribution is 0.858. The minimum Gasteiger partial charge on any atom is -0.338 e. The van der Waals surface area contributed by atoms with Crippen molar-refractivity contribution in [3.8, 4) is 0 Å². The highest BCUT2D eigenvalue weighted by atomic mass is 32.2. The van der Waals surface area contributed by atoms with Crippen molar-refractivity contribution >= 4 is 11.8 Å². The first-order valence-electron chi connectivity index (χ1n) is 3.22. The molecule has 0 bridgehead atoms. The van der Waals surface area contributed by atoms with Crippen LogP contribution < -0.4 is 0 Å². The third-order valence-corrected chi connectivity index (χ3v) is 2.04. The lowest BCUT2D eigenvalue weighted by Crippen LogP contribution is -1.86. The molecule has 0 atom stereocenters. The highest BCUT2D eigenvalue weighted by Gasteiger charge is 1.97. The topological polar surface area (TPSA) is 17.8 Å². The summed E-state index contributed by atoms with van der Waals surface area (Å²) in [4.78, 5) is 4.34. The molecule has 0 spiro atoms. The molecule has 0 amide bonds. The van der Waals surface area contributed by atoms with Crippen LogP contribution in [0.2, 0.25) is 0 Å². The Morgan fingerprint density at radius 1 is 1.70 bits per heavy atom. The van der Waals surface area contributed by atoms with Gasteiger partial charge < -0.3 is 4.57 Å². The van der Waals surface area contributed by atoms with Crippen molar-refractivity contribution in [1.82, 2.24) is 9.55 Å². The van der Waals surface area contributed by atoms with Crippen LogP contribution in [-0.2, 0) is 12.8 Å². The lowest BCUT2D eigenvalue weighted by Gasteiger charge is -1.87. The van der Waals surface area contributed by atoms with E-state index in [4.69, 9.17) is 0 Å². The van der Waals surface area contributed by atoms with Gasteiger partial charge in [0.25, 0.3) is 0 Å². The Bertz CT molecular complexity index is 198. The molecule has 1 aromatic rings. The van der Waals surface area contributed by atoms with Crippen molar-refractivity contribution in [1.29, 1.82) is 0 Å². The standard InChI is InChI=1S/C7H12N2S/c1-6-8-7(5-10-3)4-9(6)2/h4H,5H2,1-3H3. The van der Waals surface area contributed by atoms with Crippen LogP contribution in [0.15, 0.2) is 6.20 Å². The van der Waals surface area contributed by atoms with Crippen molar-refractivity contribution in [2.45, 2.75) is 12.7 Å². The van der Waals surface area contributed by atoms with Crippen LogP contribution in [0.3, 0.4) is 0 Å². The maximum absolute atomic E-state index is 4.34. The smallest absolute Gasteiger partial charge is 0.105 e. The average molecular weight is 156 g/mol. The van der Waals surface area contributed by atoms with Gasteiger partial charge in [0.1, 0.15) is 5.82 Å². The molecule has 0 fully saturated rings. The van der Waals surface area contributed by atoms with E-state index in [0.29, 0.717) is 0 Å². The first-order chi connectivity index (χ1) is 4.74. The van der Waals surface area contributed by atoms with Gasteiger partial charge in [-0.2, -0.15) is 11.8 Å². The monoisotopic (exact) mass is 156 g/mol. The van der Waals surface area contributed by atoms with Crippen LogP contribution in [0, 0.1) is 6.92 Å². The molecule has 56 valence electrons. The third kappa shape index (κ3) is 1.53. The summed E-state index contributed by atoms with van der Waals surface area (Å²) in [7, 11) is 2.02. The van der Waals surface area contributed by atoms with Gasteiger partial charge in [0, 0.05) is 19.0 Å². The molecular formula is C7H12N2S. The fourth-order valence-corrected chi connectivity index (χ4v) is 1.28. The van der Waals surface area contributed by atoms with E-state index >= 15 is 0 Å². The van der Waals surface area contributed by atoms with Gasteiger partial charge in [0.15, 0.2) is 0 Å². The van der Waals surface area contributed by atoms with E-state index in [2.05, 4.69) is 17.4 Å². The van der Waals surface area contributed by atoms with Gasteiger partial charge in [0.05, 0.1) is 5.69 Å². The van der Waals surface area contributed by atoms with Crippen LogP contribution >= 0.6 is 11.8 Å². The summed E-state index contributed by atoms with van der Waals surface area (Å²) in [5.41, 5.74) is 1.17. The maximum Gasteiger partial charge on any atom is 0.105 e. The van der Waals surface area contributed by atoms with Gasteiger partial charge >= 0.3 is 0 Å². The Labute approximate surface area is 65.7 Å². The first kappa shape index (κ1) is 7.66. The predicted octanol–water partition coefficient (Wildman–Crippen LogP) is 1.59. The van der Waals surface area contributed by atoms with Crippen LogP contribution in [0.4, 0.5) is 0 Å². The van der Waals surface area contributed by atoms with Gasteiger partial charge in [-0.1, -0.05) is 0 Å². The van der Waals surface area contributed by atoms with Crippen molar-refractivity contribution in [3.63, 3.8) is 0 Å². The van der Waals surface area contributed by atoms with Gasteiger partial charge in [-0.3, -0.25) is 0 Å². The molecule has 0 aliphatic carbocycles. The minimum absolute atomic E-state index is 1.02. The molecule has 0 N–H and O–H groups in total. The van der Waals surface area contributed by atoms with E-state index in [1.807, 2.05) is 18.5 Å². The van der Waals surface area contributed by atoms with Crippen LogP contribution in [0.1, 0.15) is 11.5 Å². The van der Waals surface area contributed by atoms with Crippen LogP contribution in [0.25, 0.3) is 0 Å². The number of aryl methyl sites for hydroxylation is 2. The number of nitrogens with zero attached hydrogens (tertiary/aromatic N) is 2. The summed E-state index contributed by atoms with van der Waals surface area (Å²) in [6, 6.07) is 0. The zero-order valence-electron chi connectivity index (χ0n) is 6.59. The molecule has 0 aromatic carbocycles. The SMILES string of the molecule is CSCc1cn(C)c(C)n1. The Morgan fingerprint density at radius 3 is 2.80 bits per heavy atom. The fourth-order valence-electron chi connectivity index (χ4n) is 0.850. The van der Waals surface area contributed by atoms with Crippen molar-refractivity contribution in [2.24, 2.45) is 7.05 Å². The second-order valence-electron chi connectivity index (χ2n) is 2.32. The summed E-state index contributed by atoms with van der Waals surface area (Å²) >= 11 is 1.80. The van der Waals surface area contributed by atoms with Crippen molar-refractivity contribution in [3.05, 3.63) is 17.7 Å². The summed E-state index contributed by atoms with van der Waals surface area (Å²) < 4.78 is 2.05. The summed E-state index contributed by atoms with van der Waals surface area (Å²) in [6.07, 6.45) is 4.16. The molecule has 0 aliphatic heterocycles. The van der Waals surface area contributed by atoms with Crippen molar-refractivity contribution < 1.29 is 0 Å². The summed E-state index contributed by atoms with van der Waals surface area (Å²) in [6.45, 7) is 2.02. The lowest BCUT2D eigenvalue weighted by atomic mass is 10.6. The Balaban J connectivity index is 2.77. The van der Waals surface area contributed by atoms with Crippen molar-refractivity contribution in [2.75, 3.05) is 6.26 Å². The summed E-state index contributed by atoms with van der Waals surface area (Å²) in [5.74, 6) is 2.10. The molecular weight excluding hydrogens is 144 g/mol. The zero-order chi connectivity index (χ0) is 7.56. The van der Waals surface area contributed by atoms with E-state index in [1.165, 1.54) is 5.69 Å². The molecule has 0 radical (unpaired) electrons. The number of thioether (sulfide) groups is 1. The van der Waals surface area contributed by atoms with Crippen LogP contribution in [0.5, 0.6) is 0 Å². The molecule has 0 saturated carbocycles. The normalized spacial score (nSPS) is 10.3. The quantitative estimate of drug-likeness (QED) is 0.647. The van der Waals surface area contributed by atoms with E-state index in [1.54, 1.807) is 11.8 Å². The largest absolute Gasteiger partial charge is 0.338 e. The highest BCUT2D eigenvalue weighted by molar-refractivity contribution is 7.97. The molecule has 1 aromatic heterocycles. The minimum atomic E-state index is 1.02. The zero-order valence-corrected chi connectivity index (χ0v) is 7.40. The molecule has 3 heteroatoms. The Morgan fingerprint density at radius 2 is 2.40 bits per heavy atom. The molecule has 1 heterocycles. The molecule has 1 rings (SSSR count).